The fourth-order valence-electron chi connectivity index (χ4n) is 2.53. The molecule has 0 bridgehead atoms. The summed E-state index contributed by atoms with van der Waals surface area (Å²) in [6.45, 7) is -0.304. The van der Waals surface area contributed by atoms with E-state index in [1.54, 1.807) is 12.1 Å². The van der Waals surface area contributed by atoms with E-state index in [1.165, 1.54) is 60.8 Å². The van der Waals surface area contributed by atoms with Crippen LogP contribution in [0, 0.1) is 5.82 Å². The second-order valence-corrected chi connectivity index (χ2v) is 7.36. The molecule has 0 aromatic heterocycles. The Morgan fingerprint density at radius 2 is 1.70 bits per heavy atom. The summed E-state index contributed by atoms with van der Waals surface area (Å²) in [6, 6.07) is 16.0. The van der Waals surface area contributed by atoms with E-state index in [0.29, 0.717) is 10.6 Å². The smallest absolute Gasteiger partial charge is 0.346 e. The van der Waals surface area contributed by atoms with Crippen LogP contribution in [-0.4, -0.2) is 30.5 Å². The molecule has 0 aliphatic heterocycles. The third kappa shape index (κ3) is 6.86. The van der Waals surface area contributed by atoms with E-state index in [4.69, 9.17) is 27.9 Å². The van der Waals surface area contributed by atoms with Crippen molar-refractivity contribution in [2.45, 2.75) is 0 Å². The highest BCUT2D eigenvalue weighted by atomic mass is 35.5. The Morgan fingerprint density at radius 3 is 2.39 bits per heavy atom. The monoisotopic (exact) mass is 487 g/mol. The van der Waals surface area contributed by atoms with Gasteiger partial charge in [-0.05, 0) is 60.2 Å². The van der Waals surface area contributed by atoms with Crippen molar-refractivity contribution in [1.82, 2.24) is 10.7 Å². The summed E-state index contributed by atoms with van der Waals surface area (Å²) in [6.07, 6.45) is 1.36. The second-order valence-electron chi connectivity index (χ2n) is 6.54. The van der Waals surface area contributed by atoms with E-state index in [1.807, 2.05) is 0 Å². The summed E-state index contributed by atoms with van der Waals surface area (Å²) >= 11 is 11.7. The summed E-state index contributed by atoms with van der Waals surface area (Å²) in [4.78, 5) is 35.9. The Hall–Kier alpha value is -3.75. The number of halogens is 3. The maximum absolute atomic E-state index is 13.6. The summed E-state index contributed by atoms with van der Waals surface area (Å²) < 4.78 is 18.8. The van der Waals surface area contributed by atoms with Gasteiger partial charge in [-0.3, -0.25) is 9.59 Å². The average molecular weight is 488 g/mol. The van der Waals surface area contributed by atoms with Gasteiger partial charge in [-0.15, -0.1) is 0 Å². The predicted octanol–water partition coefficient (Wildman–Crippen LogP) is 4.23. The lowest BCUT2D eigenvalue weighted by atomic mass is 10.2. The van der Waals surface area contributed by atoms with Crippen LogP contribution < -0.4 is 15.5 Å². The van der Waals surface area contributed by atoms with Gasteiger partial charge < -0.3 is 10.1 Å². The number of esters is 1. The first-order valence-electron chi connectivity index (χ1n) is 9.45. The van der Waals surface area contributed by atoms with Crippen LogP contribution in [0.25, 0.3) is 0 Å². The van der Waals surface area contributed by atoms with Gasteiger partial charge >= 0.3 is 5.97 Å². The van der Waals surface area contributed by atoms with Crippen molar-refractivity contribution >= 4 is 47.2 Å². The van der Waals surface area contributed by atoms with Gasteiger partial charge in [0, 0.05) is 5.56 Å². The predicted molar refractivity (Wildman–Crippen MR) is 122 cm³/mol. The van der Waals surface area contributed by atoms with Crippen LogP contribution >= 0.6 is 23.2 Å². The zero-order valence-electron chi connectivity index (χ0n) is 16.8. The molecular formula is C23H16Cl2FN3O4. The molecule has 168 valence electrons. The van der Waals surface area contributed by atoms with Crippen molar-refractivity contribution < 1.29 is 23.5 Å². The topological polar surface area (TPSA) is 96.9 Å². The summed E-state index contributed by atoms with van der Waals surface area (Å²) in [7, 11) is 0. The van der Waals surface area contributed by atoms with Crippen LogP contribution in [0.5, 0.6) is 5.75 Å². The van der Waals surface area contributed by atoms with Crippen LogP contribution in [0.4, 0.5) is 4.39 Å². The molecule has 2 N–H and O–H groups in total. The molecule has 7 nitrogen and oxygen atoms in total. The van der Waals surface area contributed by atoms with Gasteiger partial charge in [-0.1, -0.05) is 35.3 Å². The highest BCUT2D eigenvalue weighted by molar-refractivity contribution is 6.42. The molecule has 0 heterocycles. The third-order valence-corrected chi connectivity index (χ3v) is 4.92. The largest absolute Gasteiger partial charge is 0.423 e. The molecule has 0 spiro atoms. The van der Waals surface area contributed by atoms with E-state index in [2.05, 4.69) is 15.8 Å². The van der Waals surface area contributed by atoms with Crippen molar-refractivity contribution in [3.05, 3.63) is 99.3 Å². The molecule has 0 unspecified atom stereocenters. The Morgan fingerprint density at radius 1 is 0.970 bits per heavy atom. The highest BCUT2D eigenvalue weighted by Crippen LogP contribution is 2.22. The Labute approximate surface area is 198 Å². The average Bonchev–Trinajstić information content (AvgIpc) is 2.80. The Kier molecular flexibility index (Phi) is 8.12. The number of hydrazone groups is 1. The quantitative estimate of drug-likeness (QED) is 0.225. The standard InChI is InChI=1S/C23H16Cl2FN3O4/c24-18-10-7-15(11-19(18)25)22(31)27-13-21(30)29-28-12-14-5-8-16(9-6-14)33-23(32)17-3-1-2-4-20(17)26/h1-12H,13H2,(H,27,31)(H,29,30). The number of nitrogens with zero attached hydrogens (tertiary/aromatic N) is 1. The van der Waals surface area contributed by atoms with E-state index in [-0.39, 0.29) is 28.4 Å². The van der Waals surface area contributed by atoms with E-state index >= 15 is 0 Å². The maximum atomic E-state index is 13.6. The van der Waals surface area contributed by atoms with Crippen molar-refractivity contribution in [1.29, 1.82) is 0 Å². The number of benzene rings is 3. The summed E-state index contributed by atoms with van der Waals surface area (Å²) in [5, 5.41) is 6.78. The van der Waals surface area contributed by atoms with E-state index in [9.17, 15) is 18.8 Å². The number of carbonyl (C=O) groups is 3. The number of ether oxygens (including phenoxy) is 1. The molecule has 2 amide bonds. The van der Waals surface area contributed by atoms with Gasteiger partial charge in [0.15, 0.2) is 0 Å². The minimum absolute atomic E-state index is 0.169. The Balaban J connectivity index is 1.46. The minimum Gasteiger partial charge on any atom is -0.423 e. The maximum Gasteiger partial charge on any atom is 0.346 e. The fraction of sp³-hybridized carbons (Fsp3) is 0.0435. The van der Waals surface area contributed by atoms with Gasteiger partial charge in [0.1, 0.15) is 11.6 Å². The third-order valence-electron chi connectivity index (χ3n) is 4.18. The molecule has 3 aromatic rings. The normalized spacial score (nSPS) is 10.6. The van der Waals surface area contributed by atoms with Crippen molar-refractivity contribution in [2.24, 2.45) is 5.10 Å². The minimum atomic E-state index is -0.815. The molecule has 0 saturated heterocycles. The number of hydrogen-bond donors (Lipinski definition) is 2. The Bertz CT molecular complexity index is 1220. The molecule has 0 atom stereocenters. The summed E-state index contributed by atoms with van der Waals surface area (Å²) in [5.74, 6) is -2.31. The van der Waals surface area contributed by atoms with Crippen LogP contribution in [-0.2, 0) is 4.79 Å². The number of rotatable bonds is 7. The lowest BCUT2D eigenvalue weighted by Gasteiger charge is -2.06. The van der Waals surface area contributed by atoms with Crippen molar-refractivity contribution in [3.8, 4) is 5.75 Å². The molecular weight excluding hydrogens is 472 g/mol. The lowest BCUT2D eigenvalue weighted by molar-refractivity contribution is -0.120. The number of amides is 2. The number of hydrogen-bond acceptors (Lipinski definition) is 5. The SMILES string of the molecule is O=C(CNC(=O)c1ccc(Cl)c(Cl)c1)NN=Cc1ccc(OC(=O)c2ccccc2F)cc1. The molecule has 0 fully saturated rings. The van der Waals surface area contributed by atoms with Gasteiger partial charge in [0.2, 0.25) is 0 Å². The van der Waals surface area contributed by atoms with Crippen LogP contribution in [0.15, 0.2) is 71.8 Å². The molecule has 3 rings (SSSR count). The van der Waals surface area contributed by atoms with Crippen LogP contribution in [0.3, 0.4) is 0 Å². The zero-order chi connectivity index (χ0) is 23.8. The van der Waals surface area contributed by atoms with Gasteiger partial charge in [-0.2, -0.15) is 5.10 Å². The second kappa shape index (κ2) is 11.2. The molecule has 10 heteroatoms. The van der Waals surface area contributed by atoms with Crippen molar-refractivity contribution in [3.63, 3.8) is 0 Å². The molecule has 3 aromatic carbocycles. The number of nitrogens with one attached hydrogen (secondary N) is 2. The molecule has 33 heavy (non-hydrogen) atoms. The molecule has 0 aliphatic carbocycles. The molecule has 0 saturated carbocycles. The van der Waals surface area contributed by atoms with Gasteiger partial charge in [0.25, 0.3) is 11.8 Å². The first-order chi connectivity index (χ1) is 15.8. The van der Waals surface area contributed by atoms with Crippen LogP contribution in [0.1, 0.15) is 26.3 Å². The van der Waals surface area contributed by atoms with E-state index in [0.717, 1.165) is 0 Å². The lowest BCUT2D eigenvalue weighted by Crippen LogP contribution is -2.34. The fourth-order valence-corrected chi connectivity index (χ4v) is 2.83. The highest BCUT2D eigenvalue weighted by Gasteiger charge is 2.13. The summed E-state index contributed by atoms with van der Waals surface area (Å²) in [5.41, 5.74) is 2.96. The molecule has 0 aliphatic rings. The molecule has 0 radical (unpaired) electrons. The van der Waals surface area contributed by atoms with Crippen molar-refractivity contribution in [2.75, 3.05) is 6.54 Å². The van der Waals surface area contributed by atoms with E-state index < -0.39 is 23.6 Å². The zero-order valence-corrected chi connectivity index (χ0v) is 18.4. The first-order valence-corrected chi connectivity index (χ1v) is 10.2. The van der Waals surface area contributed by atoms with Crippen LogP contribution in [0.2, 0.25) is 10.0 Å². The van der Waals surface area contributed by atoms with Gasteiger partial charge in [-0.25, -0.2) is 14.6 Å². The first kappa shape index (κ1) is 23.9. The van der Waals surface area contributed by atoms with Gasteiger partial charge in [0.05, 0.1) is 28.4 Å². The number of carbonyl (C=O) groups excluding carboxylic acids is 3.